The lowest BCUT2D eigenvalue weighted by molar-refractivity contribution is -0.143. The first kappa shape index (κ1) is 32.3. The number of anilines is 1. The van der Waals surface area contributed by atoms with Crippen molar-refractivity contribution >= 4 is 64.4 Å². The SMILES string of the molecule is C=CCOC(=O)Nc1cc(OCCCCCC(=O)OCC(Cl)(Cl)Cl)c(OC)cc1C(=O)N1CCC[C@H]1C(=O)O. The molecule has 1 saturated heterocycles. The molecule has 2 rings (SSSR count). The van der Waals surface area contributed by atoms with Crippen LogP contribution in [0.3, 0.4) is 0 Å². The number of aliphatic carboxylic acids is 1. The summed E-state index contributed by atoms with van der Waals surface area (Å²) >= 11 is 16.7. The van der Waals surface area contributed by atoms with Gasteiger partial charge in [-0.1, -0.05) is 47.5 Å². The third-order valence-electron chi connectivity index (χ3n) is 5.58. The normalized spacial score (nSPS) is 14.9. The van der Waals surface area contributed by atoms with Crippen LogP contribution in [0, 0.1) is 0 Å². The van der Waals surface area contributed by atoms with Gasteiger partial charge in [0.05, 0.1) is 25.0 Å². The standard InChI is InChI=1S/C25H31Cl3N2O9/c1-3-11-38-24(35)29-17-14-20(37-12-6-4-5-9-21(31)39-15-25(26,27)28)19(36-2)13-16(17)22(32)30-10-7-8-18(30)23(33)34/h3,13-14,18H,1,4-12,15H2,2H3,(H,29,35)(H,33,34)/t18-/m0/s1. The third-order valence-corrected chi connectivity index (χ3v) is 5.91. The topological polar surface area (TPSA) is 141 Å². The maximum Gasteiger partial charge on any atom is 0.411 e. The summed E-state index contributed by atoms with van der Waals surface area (Å²) in [4.78, 5) is 50.2. The molecule has 0 radical (unpaired) electrons. The molecule has 1 heterocycles. The van der Waals surface area contributed by atoms with Crippen molar-refractivity contribution in [2.24, 2.45) is 0 Å². The number of amides is 2. The van der Waals surface area contributed by atoms with Crippen molar-refractivity contribution in [3.8, 4) is 11.5 Å². The number of ether oxygens (including phenoxy) is 4. The minimum atomic E-state index is -1.66. The van der Waals surface area contributed by atoms with E-state index in [1.807, 2.05) is 0 Å². The van der Waals surface area contributed by atoms with E-state index in [2.05, 4.69) is 11.9 Å². The molecule has 1 aromatic carbocycles. The highest BCUT2D eigenvalue weighted by atomic mass is 35.6. The van der Waals surface area contributed by atoms with Crippen LogP contribution < -0.4 is 14.8 Å². The molecule has 11 nitrogen and oxygen atoms in total. The number of carbonyl (C=O) groups excluding carboxylic acids is 3. The van der Waals surface area contributed by atoms with Crippen LogP contribution in [-0.2, 0) is 19.1 Å². The van der Waals surface area contributed by atoms with Crippen molar-refractivity contribution in [3.63, 3.8) is 0 Å². The van der Waals surface area contributed by atoms with Gasteiger partial charge < -0.3 is 29.0 Å². The number of rotatable bonds is 14. The van der Waals surface area contributed by atoms with Crippen LogP contribution in [0.4, 0.5) is 10.5 Å². The number of benzene rings is 1. The number of alkyl halides is 3. The summed E-state index contributed by atoms with van der Waals surface area (Å²) < 4.78 is 19.4. The molecular formula is C25H31Cl3N2O9. The Kier molecular flexibility index (Phi) is 13.0. The highest BCUT2D eigenvalue weighted by molar-refractivity contribution is 6.67. The molecule has 14 heteroatoms. The van der Waals surface area contributed by atoms with E-state index in [1.54, 1.807) is 0 Å². The number of nitrogens with one attached hydrogen (secondary N) is 1. The smallest absolute Gasteiger partial charge is 0.411 e. The molecule has 1 aliphatic rings. The highest BCUT2D eigenvalue weighted by Crippen LogP contribution is 2.36. The van der Waals surface area contributed by atoms with E-state index in [0.717, 1.165) is 0 Å². The fraction of sp³-hybridized carbons (Fsp3) is 0.520. The molecule has 0 aromatic heterocycles. The number of carbonyl (C=O) groups is 4. The Labute approximate surface area is 241 Å². The second-order valence-corrected chi connectivity index (χ2v) is 11.0. The van der Waals surface area contributed by atoms with Crippen LogP contribution in [-0.4, -0.2) is 77.3 Å². The molecule has 0 bridgehead atoms. The Morgan fingerprint density at radius 3 is 2.54 bits per heavy atom. The lowest BCUT2D eigenvalue weighted by Gasteiger charge is -2.24. The van der Waals surface area contributed by atoms with E-state index >= 15 is 0 Å². The van der Waals surface area contributed by atoms with Crippen LogP contribution in [0.1, 0.15) is 48.9 Å². The van der Waals surface area contributed by atoms with Crippen molar-refractivity contribution in [2.45, 2.75) is 48.4 Å². The first-order valence-corrected chi connectivity index (χ1v) is 13.3. The second-order valence-electron chi connectivity index (χ2n) is 8.49. The van der Waals surface area contributed by atoms with Crippen molar-refractivity contribution in [3.05, 3.63) is 30.4 Å². The van der Waals surface area contributed by atoms with Gasteiger partial charge in [-0.15, -0.1) is 0 Å². The predicted molar refractivity (Wildman–Crippen MR) is 145 cm³/mol. The van der Waals surface area contributed by atoms with Gasteiger partial charge in [-0.05, 0) is 38.2 Å². The average Bonchev–Trinajstić information content (AvgIpc) is 3.38. The fourth-order valence-electron chi connectivity index (χ4n) is 3.78. The third kappa shape index (κ3) is 10.7. The van der Waals surface area contributed by atoms with Crippen molar-refractivity contribution in [1.82, 2.24) is 4.90 Å². The monoisotopic (exact) mass is 608 g/mol. The molecule has 2 N–H and O–H groups in total. The number of hydrogen-bond donors (Lipinski definition) is 2. The van der Waals surface area contributed by atoms with Crippen LogP contribution in [0.25, 0.3) is 0 Å². The number of carboxylic acids is 1. The number of methoxy groups -OCH3 is 1. The number of unbranched alkanes of at least 4 members (excludes halogenated alkanes) is 2. The number of hydrogen-bond acceptors (Lipinski definition) is 8. The van der Waals surface area contributed by atoms with Gasteiger partial charge in [0.15, 0.2) is 11.5 Å². The van der Waals surface area contributed by atoms with Crippen LogP contribution in [0.15, 0.2) is 24.8 Å². The van der Waals surface area contributed by atoms with E-state index in [1.165, 1.54) is 30.2 Å². The van der Waals surface area contributed by atoms with Gasteiger partial charge >= 0.3 is 18.0 Å². The van der Waals surface area contributed by atoms with E-state index < -0.39 is 33.8 Å². The zero-order valence-corrected chi connectivity index (χ0v) is 23.6. The molecule has 1 atom stereocenters. The maximum atomic E-state index is 13.3. The summed E-state index contributed by atoms with van der Waals surface area (Å²) in [5.74, 6) is -1.71. The number of halogens is 3. The molecule has 1 fully saturated rings. The first-order valence-electron chi connectivity index (χ1n) is 12.1. The van der Waals surface area contributed by atoms with Crippen LogP contribution in [0.2, 0.25) is 0 Å². The van der Waals surface area contributed by atoms with Gasteiger partial charge in [-0.3, -0.25) is 14.9 Å². The number of likely N-dealkylation sites (tertiary alicyclic amines) is 1. The molecule has 0 spiro atoms. The number of esters is 1. The lowest BCUT2D eigenvalue weighted by atomic mass is 10.1. The van der Waals surface area contributed by atoms with Crippen LogP contribution in [0.5, 0.6) is 11.5 Å². The van der Waals surface area contributed by atoms with Gasteiger partial charge in [0.2, 0.25) is 3.79 Å². The maximum absolute atomic E-state index is 13.3. The molecule has 39 heavy (non-hydrogen) atoms. The summed E-state index contributed by atoms with van der Waals surface area (Å²) in [6, 6.07) is 1.83. The van der Waals surface area contributed by atoms with Crippen molar-refractivity contribution in [2.75, 3.05) is 38.8 Å². The summed E-state index contributed by atoms with van der Waals surface area (Å²) in [6.45, 7) is 3.59. The minimum Gasteiger partial charge on any atom is -0.493 e. The van der Waals surface area contributed by atoms with E-state index in [0.29, 0.717) is 32.1 Å². The van der Waals surface area contributed by atoms with Crippen LogP contribution >= 0.6 is 34.8 Å². The quantitative estimate of drug-likeness (QED) is 0.129. The Balaban J connectivity index is 2.10. The largest absolute Gasteiger partial charge is 0.493 e. The molecule has 1 aromatic rings. The molecular weight excluding hydrogens is 579 g/mol. The number of carboxylic acid groups (broad SMARTS) is 1. The fourth-order valence-corrected chi connectivity index (χ4v) is 3.94. The zero-order valence-electron chi connectivity index (χ0n) is 21.4. The summed E-state index contributed by atoms with van der Waals surface area (Å²) in [6.07, 6.45) is 3.29. The van der Waals surface area contributed by atoms with Crippen molar-refractivity contribution in [1.29, 1.82) is 0 Å². The Hall–Kier alpha value is -2.89. The summed E-state index contributed by atoms with van der Waals surface area (Å²) in [7, 11) is 1.39. The van der Waals surface area contributed by atoms with Gasteiger partial charge in [0.1, 0.15) is 19.3 Å². The van der Waals surface area contributed by atoms with E-state index in [4.69, 9.17) is 53.8 Å². The van der Waals surface area contributed by atoms with Gasteiger partial charge in [0, 0.05) is 19.0 Å². The number of nitrogens with zero attached hydrogens (tertiary/aromatic N) is 1. The molecule has 0 saturated carbocycles. The lowest BCUT2D eigenvalue weighted by Crippen LogP contribution is -2.40. The van der Waals surface area contributed by atoms with E-state index in [9.17, 15) is 24.3 Å². The Bertz CT molecular complexity index is 1050. The predicted octanol–water partition coefficient (Wildman–Crippen LogP) is 4.97. The van der Waals surface area contributed by atoms with Gasteiger partial charge in [-0.2, -0.15) is 0 Å². The van der Waals surface area contributed by atoms with Crippen molar-refractivity contribution < 1.29 is 43.2 Å². The van der Waals surface area contributed by atoms with E-state index in [-0.39, 0.29) is 55.5 Å². The Morgan fingerprint density at radius 1 is 1.15 bits per heavy atom. The minimum absolute atomic E-state index is 0.0243. The zero-order chi connectivity index (χ0) is 29.0. The molecule has 216 valence electrons. The summed E-state index contributed by atoms with van der Waals surface area (Å²) in [5.41, 5.74) is 0.0915. The average molecular weight is 610 g/mol. The molecule has 1 aliphatic heterocycles. The molecule has 0 unspecified atom stereocenters. The first-order chi connectivity index (χ1) is 18.5. The molecule has 0 aliphatic carbocycles. The summed E-state index contributed by atoms with van der Waals surface area (Å²) in [5, 5.41) is 12.0. The Morgan fingerprint density at radius 2 is 1.90 bits per heavy atom. The molecule has 2 amide bonds. The van der Waals surface area contributed by atoms with Gasteiger partial charge in [0.25, 0.3) is 5.91 Å². The highest BCUT2D eigenvalue weighted by Gasteiger charge is 2.36. The van der Waals surface area contributed by atoms with Gasteiger partial charge in [-0.25, -0.2) is 9.59 Å². The second kappa shape index (κ2) is 15.6.